The molecule has 7 nitrogen and oxygen atoms in total. The first-order valence-corrected chi connectivity index (χ1v) is 9.02. The Morgan fingerprint density at radius 1 is 0.690 bits per heavy atom. The number of hydrogen-bond donors (Lipinski definition) is 4. The Balaban J connectivity index is 2.73. The van der Waals surface area contributed by atoms with E-state index in [2.05, 4.69) is 0 Å². The summed E-state index contributed by atoms with van der Waals surface area (Å²) >= 11 is 0. The Bertz CT molecular complexity index is 897. The zero-order valence-corrected chi connectivity index (χ0v) is 17.3. The minimum Gasteiger partial charge on any atom is -0.504 e. The maximum atomic E-state index is 11.6. The second-order valence-electron chi connectivity index (χ2n) is 8.95. The van der Waals surface area contributed by atoms with Crippen LogP contribution in [0.1, 0.15) is 73.4 Å². The third-order valence-corrected chi connectivity index (χ3v) is 4.56. The number of carboxylic acid groups (broad SMARTS) is 2. The molecule has 0 bridgehead atoms. The minimum atomic E-state index is -1.34. The van der Waals surface area contributed by atoms with Crippen LogP contribution in [0, 0.1) is 0 Å². The van der Waals surface area contributed by atoms with Crippen molar-refractivity contribution in [3.63, 3.8) is 0 Å². The third-order valence-electron chi connectivity index (χ3n) is 4.56. The molecule has 2 aromatic rings. The number of ether oxygens (including phenoxy) is 1. The molecular formula is C22H26O7. The van der Waals surface area contributed by atoms with Crippen LogP contribution in [-0.4, -0.2) is 32.4 Å². The molecule has 0 atom stereocenters. The van der Waals surface area contributed by atoms with Crippen LogP contribution in [0.4, 0.5) is 0 Å². The van der Waals surface area contributed by atoms with Gasteiger partial charge >= 0.3 is 11.9 Å². The van der Waals surface area contributed by atoms with Crippen LogP contribution in [0.15, 0.2) is 24.3 Å². The van der Waals surface area contributed by atoms with Crippen LogP contribution in [0.25, 0.3) is 0 Å². The summed E-state index contributed by atoms with van der Waals surface area (Å²) in [5.41, 5.74) is -0.412. The zero-order chi connectivity index (χ0) is 22.3. The molecule has 0 amide bonds. The van der Waals surface area contributed by atoms with Crippen LogP contribution < -0.4 is 4.74 Å². The highest BCUT2D eigenvalue weighted by molar-refractivity contribution is 5.93. The molecule has 0 fully saturated rings. The SMILES string of the molecule is CC(C)(C)c1cc(Oc2cc(C(C)(C)C)cc(C(=O)O)c2O)c(O)c(C(=O)O)c1. The van der Waals surface area contributed by atoms with Crippen molar-refractivity contribution in [3.05, 3.63) is 46.5 Å². The summed E-state index contributed by atoms with van der Waals surface area (Å²) in [6.45, 7) is 11.2. The van der Waals surface area contributed by atoms with E-state index in [1.807, 2.05) is 41.5 Å². The molecule has 0 saturated heterocycles. The topological polar surface area (TPSA) is 124 Å². The number of phenols is 2. The van der Waals surface area contributed by atoms with Gasteiger partial charge in [-0.15, -0.1) is 0 Å². The van der Waals surface area contributed by atoms with Gasteiger partial charge < -0.3 is 25.2 Å². The van der Waals surface area contributed by atoms with Gasteiger partial charge in [-0.3, -0.25) is 0 Å². The van der Waals surface area contributed by atoms with Crippen LogP contribution >= 0.6 is 0 Å². The van der Waals surface area contributed by atoms with Gasteiger partial charge in [0.1, 0.15) is 11.1 Å². The molecule has 0 aromatic heterocycles. The number of aromatic hydroxyl groups is 2. The second kappa shape index (κ2) is 7.31. The van der Waals surface area contributed by atoms with E-state index in [1.165, 1.54) is 24.3 Å². The zero-order valence-electron chi connectivity index (χ0n) is 17.3. The lowest BCUT2D eigenvalue weighted by molar-refractivity contribution is 0.0682. The van der Waals surface area contributed by atoms with Gasteiger partial charge in [-0.05, 0) is 46.2 Å². The lowest BCUT2D eigenvalue weighted by Gasteiger charge is -2.23. The molecule has 0 saturated carbocycles. The number of benzene rings is 2. The maximum Gasteiger partial charge on any atom is 0.339 e. The Morgan fingerprint density at radius 3 is 1.24 bits per heavy atom. The molecule has 7 heteroatoms. The van der Waals surface area contributed by atoms with Gasteiger partial charge in [0, 0.05) is 0 Å². The van der Waals surface area contributed by atoms with E-state index < -0.39 is 34.3 Å². The average molecular weight is 402 g/mol. The molecular weight excluding hydrogens is 376 g/mol. The Kier molecular flexibility index (Phi) is 5.56. The van der Waals surface area contributed by atoms with Gasteiger partial charge in [0.05, 0.1) is 0 Å². The summed E-state index contributed by atoms with van der Waals surface area (Å²) in [4.78, 5) is 23.1. The van der Waals surface area contributed by atoms with Crippen LogP contribution in [0.3, 0.4) is 0 Å². The number of rotatable bonds is 4. The number of carbonyl (C=O) groups is 2. The molecule has 2 aromatic carbocycles. The normalized spacial score (nSPS) is 11.9. The predicted molar refractivity (Wildman–Crippen MR) is 108 cm³/mol. The molecule has 0 spiro atoms. The first-order valence-electron chi connectivity index (χ1n) is 9.02. The Morgan fingerprint density at radius 2 is 1.00 bits per heavy atom. The molecule has 0 unspecified atom stereocenters. The lowest BCUT2D eigenvalue weighted by Crippen LogP contribution is -2.14. The Hall–Kier alpha value is -3.22. The Labute approximate surface area is 169 Å². The highest BCUT2D eigenvalue weighted by atomic mass is 16.5. The van der Waals surface area contributed by atoms with Crippen molar-refractivity contribution in [3.8, 4) is 23.0 Å². The van der Waals surface area contributed by atoms with Crippen LogP contribution in [-0.2, 0) is 10.8 Å². The quantitative estimate of drug-likeness (QED) is 0.574. The summed E-state index contributed by atoms with van der Waals surface area (Å²) < 4.78 is 5.67. The third kappa shape index (κ3) is 4.62. The molecule has 0 aliphatic heterocycles. The van der Waals surface area contributed by atoms with Crippen molar-refractivity contribution in [1.82, 2.24) is 0 Å². The van der Waals surface area contributed by atoms with Crippen LogP contribution in [0.2, 0.25) is 0 Å². The first-order chi connectivity index (χ1) is 13.1. The first kappa shape index (κ1) is 22.1. The molecule has 29 heavy (non-hydrogen) atoms. The van der Waals surface area contributed by atoms with E-state index in [1.54, 1.807) is 0 Å². The van der Waals surface area contributed by atoms with Gasteiger partial charge in [-0.1, -0.05) is 41.5 Å². The maximum absolute atomic E-state index is 11.6. The smallest absolute Gasteiger partial charge is 0.339 e. The summed E-state index contributed by atoms with van der Waals surface area (Å²) in [6, 6.07) is 5.67. The highest BCUT2D eigenvalue weighted by Crippen LogP contribution is 2.43. The summed E-state index contributed by atoms with van der Waals surface area (Å²) in [7, 11) is 0. The standard InChI is InChI=1S/C22H26O7/c1-21(2,3)11-7-13(19(25)26)17(23)15(9-11)29-16-10-12(22(4,5)6)8-14(18(16)24)20(27)28/h7-10,23-24H,1-6H3,(H,25,26)(H,27,28). The van der Waals surface area contributed by atoms with Crippen LogP contribution in [0.5, 0.6) is 23.0 Å². The average Bonchev–Trinajstić information content (AvgIpc) is 2.55. The van der Waals surface area contributed by atoms with E-state index in [9.17, 15) is 30.0 Å². The largest absolute Gasteiger partial charge is 0.504 e. The molecule has 0 aliphatic rings. The fourth-order valence-corrected chi connectivity index (χ4v) is 2.68. The van der Waals surface area contributed by atoms with E-state index >= 15 is 0 Å². The molecule has 2 rings (SSSR count). The number of hydrogen-bond acceptors (Lipinski definition) is 5. The van der Waals surface area contributed by atoms with Crippen molar-refractivity contribution < 1.29 is 34.8 Å². The summed E-state index contributed by atoms with van der Waals surface area (Å²) in [5, 5.41) is 39.7. The second-order valence-corrected chi connectivity index (χ2v) is 8.95. The van der Waals surface area contributed by atoms with Crippen molar-refractivity contribution in [2.45, 2.75) is 52.4 Å². The fraction of sp³-hybridized carbons (Fsp3) is 0.364. The minimum absolute atomic E-state index is 0.187. The van der Waals surface area contributed by atoms with Gasteiger partial charge in [0.15, 0.2) is 23.0 Å². The van der Waals surface area contributed by atoms with E-state index in [-0.39, 0.29) is 22.6 Å². The molecule has 4 N–H and O–H groups in total. The lowest BCUT2D eigenvalue weighted by atomic mass is 9.85. The summed E-state index contributed by atoms with van der Waals surface area (Å²) in [5.74, 6) is -4.26. The van der Waals surface area contributed by atoms with Crippen molar-refractivity contribution in [2.75, 3.05) is 0 Å². The van der Waals surface area contributed by atoms with Gasteiger partial charge in [-0.25, -0.2) is 9.59 Å². The summed E-state index contributed by atoms with van der Waals surface area (Å²) in [6.07, 6.45) is 0. The predicted octanol–water partition coefficient (Wildman–Crippen LogP) is 4.88. The van der Waals surface area contributed by atoms with Gasteiger partial charge in [0.2, 0.25) is 0 Å². The number of aromatic carboxylic acids is 2. The highest BCUT2D eigenvalue weighted by Gasteiger charge is 2.26. The molecule has 0 heterocycles. The number of carboxylic acids is 2. The monoisotopic (exact) mass is 402 g/mol. The fourth-order valence-electron chi connectivity index (χ4n) is 2.68. The van der Waals surface area contributed by atoms with Crippen molar-refractivity contribution in [1.29, 1.82) is 0 Å². The van der Waals surface area contributed by atoms with E-state index in [4.69, 9.17) is 4.74 Å². The van der Waals surface area contributed by atoms with E-state index in [0.717, 1.165) is 0 Å². The van der Waals surface area contributed by atoms with Crippen molar-refractivity contribution >= 4 is 11.9 Å². The van der Waals surface area contributed by atoms with Gasteiger partial charge in [-0.2, -0.15) is 0 Å². The molecule has 156 valence electrons. The van der Waals surface area contributed by atoms with E-state index in [0.29, 0.717) is 11.1 Å². The van der Waals surface area contributed by atoms with Gasteiger partial charge in [0.25, 0.3) is 0 Å². The molecule has 0 aliphatic carbocycles. The molecule has 0 radical (unpaired) electrons. The van der Waals surface area contributed by atoms with Crippen molar-refractivity contribution in [2.24, 2.45) is 0 Å².